The molecule has 0 spiro atoms. The van der Waals surface area contributed by atoms with Crippen LogP contribution >= 0.6 is 11.3 Å². The highest BCUT2D eigenvalue weighted by Crippen LogP contribution is 2.43. The van der Waals surface area contributed by atoms with Gasteiger partial charge in [0.2, 0.25) is 0 Å². The molecule has 242 valence electrons. The SMILES string of the molecule is [C-]#[N+]c1ccc2c(c1)c1cc(C#N)ccc1n2-c1ccc2c(c1)-c1cc(-n3c4ccccc4c4c5sc6cccnc6c5ccc43)ccc1[Si]2(C)C. The number of hydrogen-bond acceptors (Lipinski definition) is 3. The molecule has 0 saturated carbocycles. The van der Waals surface area contributed by atoms with Crippen molar-refractivity contribution in [2.45, 2.75) is 13.1 Å². The smallest absolute Gasteiger partial charge is 0.188 e. The molecule has 0 radical (unpaired) electrons. The van der Waals surface area contributed by atoms with Gasteiger partial charge in [0.25, 0.3) is 0 Å². The molecular weight excluding hydrogens is 671 g/mol. The second-order valence-corrected chi connectivity index (χ2v) is 19.6. The van der Waals surface area contributed by atoms with Gasteiger partial charge in [0.05, 0.1) is 50.5 Å². The summed E-state index contributed by atoms with van der Waals surface area (Å²) >= 11 is 1.83. The van der Waals surface area contributed by atoms with E-state index in [2.05, 4.69) is 112 Å². The summed E-state index contributed by atoms with van der Waals surface area (Å²) in [5.41, 5.74) is 11.5. The second-order valence-electron chi connectivity index (χ2n) is 14.2. The first-order chi connectivity index (χ1) is 25.4. The Bertz CT molecular complexity index is 3240. The van der Waals surface area contributed by atoms with E-state index < -0.39 is 8.07 Å². The minimum atomic E-state index is -1.98. The Morgan fingerprint density at radius 1 is 0.673 bits per heavy atom. The predicted molar refractivity (Wildman–Crippen MR) is 219 cm³/mol. The van der Waals surface area contributed by atoms with E-state index in [-0.39, 0.29) is 0 Å². The van der Waals surface area contributed by atoms with Crippen LogP contribution in [0.25, 0.3) is 91.3 Å². The number of para-hydroxylation sites is 1. The summed E-state index contributed by atoms with van der Waals surface area (Å²) in [4.78, 5) is 8.46. The molecule has 5 nitrogen and oxygen atoms in total. The summed E-state index contributed by atoms with van der Waals surface area (Å²) in [5.74, 6) is 0. The summed E-state index contributed by atoms with van der Waals surface area (Å²) in [7, 11) is -1.98. The van der Waals surface area contributed by atoms with Crippen LogP contribution < -0.4 is 10.4 Å². The van der Waals surface area contributed by atoms with Crippen molar-refractivity contribution in [1.29, 1.82) is 5.26 Å². The van der Waals surface area contributed by atoms with Gasteiger partial charge in [-0.05, 0) is 112 Å². The number of nitriles is 1. The maximum atomic E-state index is 9.72. The standard InChI is InChI=1S/C45H27N5SSi/c1-47-27-11-16-38-33(22-27)32-21-26(25-46)10-15-37(32)49(38)28-12-18-41-34(23-28)35-24-29(13-19-42(35)52(41,2)3)50-36-8-5-4-7-30(36)43-39(50)17-14-31-44-40(51-45(31)43)9-6-20-48-44/h4-24H,2-3H3. The number of hydrogen-bond donors (Lipinski definition) is 0. The fourth-order valence-electron chi connectivity index (χ4n) is 8.84. The zero-order chi connectivity index (χ0) is 34.9. The fraction of sp³-hybridized carbons (Fsp3) is 0.0444. The molecule has 0 bridgehead atoms. The molecule has 1 aliphatic rings. The Kier molecular flexibility index (Phi) is 5.78. The minimum Gasteiger partial charge on any atom is -0.309 e. The summed E-state index contributed by atoms with van der Waals surface area (Å²) in [6.45, 7) is 12.6. The third-order valence-electron chi connectivity index (χ3n) is 11.2. The van der Waals surface area contributed by atoms with Crippen LogP contribution in [0.2, 0.25) is 13.1 Å². The van der Waals surface area contributed by atoms with E-state index >= 15 is 0 Å². The van der Waals surface area contributed by atoms with Crippen molar-refractivity contribution in [3.8, 4) is 28.6 Å². The van der Waals surface area contributed by atoms with Crippen molar-refractivity contribution in [2.75, 3.05) is 0 Å². The lowest BCUT2D eigenvalue weighted by Gasteiger charge is -2.19. The summed E-state index contributed by atoms with van der Waals surface area (Å²) in [6, 6.07) is 45.6. The summed E-state index contributed by atoms with van der Waals surface area (Å²) < 4.78 is 7.21. The van der Waals surface area contributed by atoms with Crippen LogP contribution in [0.5, 0.6) is 0 Å². The molecule has 10 aromatic rings. The van der Waals surface area contributed by atoms with E-state index in [1.807, 2.05) is 60.0 Å². The van der Waals surface area contributed by atoms with Crippen LogP contribution in [0, 0.1) is 17.9 Å². The largest absolute Gasteiger partial charge is 0.309 e. The normalized spacial score (nSPS) is 13.3. The van der Waals surface area contributed by atoms with Crippen molar-refractivity contribution >= 4 is 99.4 Å². The zero-order valence-electron chi connectivity index (χ0n) is 28.3. The van der Waals surface area contributed by atoms with E-state index in [1.54, 1.807) is 0 Å². The first kappa shape index (κ1) is 29.2. The molecule has 6 aromatic carbocycles. The van der Waals surface area contributed by atoms with Crippen LogP contribution in [-0.2, 0) is 0 Å². The number of benzene rings is 6. The molecule has 7 heteroatoms. The van der Waals surface area contributed by atoms with Crippen molar-refractivity contribution < 1.29 is 0 Å². The number of fused-ring (bicyclic) bond motifs is 13. The molecule has 5 heterocycles. The number of rotatable bonds is 2. The van der Waals surface area contributed by atoms with Gasteiger partial charge in [0, 0.05) is 43.8 Å². The van der Waals surface area contributed by atoms with Crippen LogP contribution in [0.3, 0.4) is 0 Å². The Morgan fingerprint density at radius 2 is 1.35 bits per heavy atom. The third-order valence-corrected chi connectivity index (χ3v) is 15.9. The van der Waals surface area contributed by atoms with Crippen LogP contribution in [0.1, 0.15) is 5.56 Å². The van der Waals surface area contributed by atoms with Gasteiger partial charge in [0.15, 0.2) is 5.69 Å². The van der Waals surface area contributed by atoms with Gasteiger partial charge < -0.3 is 9.13 Å². The number of aromatic nitrogens is 3. The Labute approximate surface area is 303 Å². The molecule has 0 fully saturated rings. The lowest BCUT2D eigenvalue weighted by Crippen LogP contribution is -2.49. The molecule has 52 heavy (non-hydrogen) atoms. The first-order valence-electron chi connectivity index (χ1n) is 17.3. The van der Waals surface area contributed by atoms with Gasteiger partial charge in [-0.2, -0.15) is 5.26 Å². The quantitative estimate of drug-likeness (QED) is 0.133. The Balaban J connectivity index is 1.15. The zero-order valence-corrected chi connectivity index (χ0v) is 30.1. The highest BCUT2D eigenvalue weighted by Gasteiger charge is 2.38. The Hall–Kier alpha value is -6.51. The van der Waals surface area contributed by atoms with Gasteiger partial charge in [-0.3, -0.25) is 4.98 Å². The molecule has 0 saturated heterocycles. The van der Waals surface area contributed by atoms with E-state index in [9.17, 15) is 5.26 Å². The van der Waals surface area contributed by atoms with Gasteiger partial charge in [-0.15, -0.1) is 11.3 Å². The molecule has 0 unspecified atom stereocenters. The van der Waals surface area contributed by atoms with Gasteiger partial charge in [0.1, 0.15) is 8.07 Å². The third kappa shape index (κ3) is 3.76. The molecule has 0 aliphatic carbocycles. The lowest BCUT2D eigenvalue weighted by atomic mass is 10.0. The van der Waals surface area contributed by atoms with Gasteiger partial charge >= 0.3 is 0 Å². The number of thiophene rings is 1. The van der Waals surface area contributed by atoms with E-state index in [0.717, 1.165) is 38.7 Å². The van der Waals surface area contributed by atoms with E-state index in [4.69, 9.17) is 11.6 Å². The van der Waals surface area contributed by atoms with Gasteiger partial charge in [-0.1, -0.05) is 49.5 Å². The van der Waals surface area contributed by atoms with Crippen LogP contribution in [0.15, 0.2) is 128 Å². The van der Waals surface area contributed by atoms with Gasteiger partial charge in [-0.25, -0.2) is 4.85 Å². The molecule has 0 amide bonds. The lowest BCUT2D eigenvalue weighted by molar-refractivity contribution is 1.18. The topological polar surface area (TPSA) is 50.9 Å². The predicted octanol–water partition coefficient (Wildman–Crippen LogP) is 10.9. The van der Waals surface area contributed by atoms with E-state index in [1.165, 1.54) is 58.1 Å². The molecular formula is C45H27N5SSi. The maximum Gasteiger partial charge on any atom is 0.188 e. The van der Waals surface area contributed by atoms with Crippen molar-refractivity contribution in [2.24, 2.45) is 0 Å². The van der Waals surface area contributed by atoms with Crippen LogP contribution in [0.4, 0.5) is 5.69 Å². The minimum absolute atomic E-state index is 0.590. The molecule has 0 N–H and O–H groups in total. The van der Waals surface area contributed by atoms with Crippen LogP contribution in [-0.4, -0.2) is 22.2 Å². The first-order valence-corrected chi connectivity index (χ1v) is 21.1. The molecule has 4 aromatic heterocycles. The summed E-state index contributed by atoms with van der Waals surface area (Å²) in [6.07, 6.45) is 1.89. The average molecular weight is 698 g/mol. The Morgan fingerprint density at radius 3 is 2.10 bits per heavy atom. The van der Waals surface area contributed by atoms with Crippen molar-refractivity contribution in [3.05, 3.63) is 145 Å². The monoisotopic (exact) mass is 697 g/mol. The maximum absolute atomic E-state index is 9.72. The van der Waals surface area contributed by atoms with Crippen molar-refractivity contribution in [1.82, 2.24) is 14.1 Å². The average Bonchev–Trinajstić information content (AvgIpc) is 3.89. The number of nitrogens with zero attached hydrogens (tertiary/aromatic N) is 5. The highest BCUT2D eigenvalue weighted by molar-refractivity contribution is 7.26. The van der Waals surface area contributed by atoms with E-state index in [0.29, 0.717) is 11.3 Å². The van der Waals surface area contributed by atoms with Crippen molar-refractivity contribution in [3.63, 3.8) is 0 Å². The molecule has 11 rings (SSSR count). The molecule has 0 atom stereocenters. The highest BCUT2D eigenvalue weighted by atomic mass is 32.1. The molecule has 1 aliphatic heterocycles. The fourth-order valence-corrected chi connectivity index (χ4v) is 13.1. The number of pyridine rings is 1. The second kappa shape index (κ2) is 10.3. The summed E-state index contributed by atoms with van der Waals surface area (Å²) in [5, 5.41) is 18.3.